The van der Waals surface area contributed by atoms with Crippen LogP contribution in [0, 0.1) is 27.2 Å². The number of hydrogen-bond donors (Lipinski definition) is 1. The highest BCUT2D eigenvalue weighted by molar-refractivity contribution is 7.13. The summed E-state index contributed by atoms with van der Waals surface area (Å²) in [7, 11) is 0. The first-order valence-electron chi connectivity index (χ1n) is 5.09. The molecule has 2 aromatic heterocycles. The maximum atomic E-state index is 10.8. The Morgan fingerprint density at radius 1 is 1.42 bits per heavy atom. The van der Waals surface area contributed by atoms with Crippen molar-refractivity contribution < 1.29 is 9.85 Å². The van der Waals surface area contributed by atoms with Crippen LogP contribution in [0.25, 0.3) is 0 Å². The van der Waals surface area contributed by atoms with E-state index in [2.05, 4.69) is 5.10 Å². The van der Waals surface area contributed by atoms with Gasteiger partial charge in [0, 0.05) is 11.4 Å². The van der Waals surface area contributed by atoms with Gasteiger partial charge < -0.3 is 5.73 Å². The zero-order valence-electron chi connectivity index (χ0n) is 9.77. The van der Waals surface area contributed by atoms with E-state index >= 15 is 0 Å². The van der Waals surface area contributed by atoms with E-state index in [4.69, 9.17) is 5.73 Å². The van der Waals surface area contributed by atoms with Crippen LogP contribution >= 0.6 is 11.3 Å². The summed E-state index contributed by atoms with van der Waals surface area (Å²) >= 11 is 0.985. The maximum Gasteiger partial charge on any atom is 0.333 e. The summed E-state index contributed by atoms with van der Waals surface area (Å²) in [5, 5.41) is 26.9. The second-order valence-corrected chi connectivity index (χ2v) is 4.67. The van der Waals surface area contributed by atoms with Gasteiger partial charge in [0.25, 0.3) is 0 Å². The Bertz CT molecular complexity index is 662. The third kappa shape index (κ3) is 2.38. The first-order chi connectivity index (χ1) is 8.90. The van der Waals surface area contributed by atoms with Crippen LogP contribution in [0.5, 0.6) is 0 Å². The van der Waals surface area contributed by atoms with Crippen molar-refractivity contribution in [1.82, 2.24) is 9.78 Å². The molecule has 19 heavy (non-hydrogen) atoms. The third-order valence-corrected chi connectivity index (χ3v) is 3.40. The zero-order valence-corrected chi connectivity index (χ0v) is 10.6. The van der Waals surface area contributed by atoms with Crippen molar-refractivity contribution in [3.63, 3.8) is 0 Å². The monoisotopic (exact) mass is 283 g/mol. The third-order valence-electron chi connectivity index (χ3n) is 2.47. The summed E-state index contributed by atoms with van der Waals surface area (Å²) in [5.74, 6) is -0.0589. The fraction of sp³-hybridized carbons (Fsp3) is 0.222. The summed E-state index contributed by atoms with van der Waals surface area (Å²) in [6, 6.07) is 1.40. The quantitative estimate of drug-likeness (QED) is 0.671. The standard InChI is InChI=1S/C9H9N5O4S/c1-5-8(14(17)18)9(10)12(11-5)3-6-2-7(13(15)16)19-4-6/h2,4H,3,10H2,1H3. The Morgan fingerprint density at radius 2 is 2.11 bits per heavy atom. The van der Waals surface area contributed by atoms with E-state index in [1.54, 1.807) is 5.38 Å². The number of rotatable bonds is 4. The molecule has 10 heteroatoms. The number of aromatic nitrogens is 2. The number of nitrogens with zero attached hydrogens (tertiary/aromatic N) is 4. The van der Waals surface area contributed by atoms with E-state index in [1.807, 2.05) is 0 Å². The summed E-state index contributed by atoms with van der Waals surface area (Å²) in [6.45, 7) is 1.64. The van der Waals surface area contributed by atoms with Gasteiger partial charge in [-0.3, -0.25) is 20.2 Å². The lowest BCUT2D eigenvalue weighted by atomic mass is 10.3. The van der Waals surface area contributed by atoms with Gasteiger partial charge in [0.1, 0.15) is 5.69 Å². The largest absolute Gasteiger partial charge is 0.378 e. The number of nitrogens with two attached hydrogens (primary N) is 1. The molecule has 0 fully saturated rings. The van der Waals surface area contributed by atoms with Crippen molar-refractivity contribution in [1.29, 1.82) is 0 Å². The molecule has 0 spiro atoms. The van der Waals surface area contributed by atoms with Crippen molar-refractivity contribution in [3.8, 4) is 0 Å². The van der Waals surface area contributed by atoms with Gasteiger partial charge >= 0.3 is 10.7 Å². The van der Waals surface area contributed by atoms with Gasteiger partial charge in [-0.25, -0.2) is 4.68 Å². The summed E-state index contributed by atoms with van der Waals surface area (Å²) in [4.78, 5) is 20.3. The van der Waals surface area contributed by atoms with Crippen LogP contribution in [0.3, 0.4) is 0 Å². The molecule has 0 bridgehead atoms. The van der Waals surface area contributed by atoms with Crippen LogP contribution in [0.1, 0.15) is 11.3 Å². The van der Waals surface area contributed by atoms with Gasteiger partial charge in [-0.15, -0.1) is 0 Å². The van der Waals surface area contributed by atoms with Crippen molar-refractivity contribution in [2.45, 2.75) is 13.5 Å². The molecule has 0 aromatic carbocycles. The Hall–Kier alpha value is -2.49. The Balaban J connectivity index is 2.31. The number of thiophene rings is 1. The number of anilines is 1. The molecule has 0 aliphatic rings. The normalized spacial score (nSPS) is 10.6. The predicted octanol–water partition coefficient (Wildman–Crippen LogP) is 1.70. The molecule has 0 aliphatic carbocycles. The maximum absolute atomic E-state index is 10.8. The van der Waals surface area contributed by atoms with Crippen molar-refractivity contribution in [2.24, 2.45) is 0 Å². The molecule has 2 heterocycles. The lowest BCUT2D eigenvalue weighted by Crippen LogP contribution is -2.06. The number of nitrogen functional groups attached to an aromatic ring is 1. The molecule has 0 unspecified atom stereocenters. The molecular weight excluding hydrogens is 274 g/mol. The summed E-state index contributed by atoms with van der Waals surface area (Å²) < 4.78 is 1.26. The molecule has 0 radical (unpaired) electrons. The molecule has 0 saturated heterocycles. The van der Waals surface area contributed by atoms with E-state index in [0.717, 1.165) is 11.3 Å². The van der Waals surface area contributed by atoms with E-state index < -0.39 is 9.85 Å². The van der Waals surface area contributed by atoms with E-state index in [1.165, 1.54) is 17.7 Å². The van der Waals surface area contributed by atoms with Gasteiger partial charge in [0.15, 0.2) is 0 Å². The minimum atomic E-state index is -0.593. The fourth-order valence-electron chi connectivity index (χ4n) is 1.65. The lowest BCUT2D eigenvalue weighted by molar-refractivity contribution is -0.384. The molecule has 2 N–H and O–H groups in total. The molecule has 0 atom stereocenters. The molecule has 0 amide bonds. The zero-order chi connectivity index (χ0) is 14.2. The average molecular weight is 283 g/mol. The van der Waals surface area contributed by atoms with Crippen molar-refractivity contribution >= 4 is 27.8 Å². The van der Waals surface area contributed by atoms with Gasteiger partial charge in [-0.05, 0) is 12.5 Å². The first kappa shape index (κ1) is 13.0. The van der Waals surface area contributed by atoms with E-state index in [9.17, 15) is 20.2 Å². The van der Waals surface area contributed by atoms with Crippen LogP contribution in [-0.4, -0.2) is 19.6 Å². The number of nitro groups is 2. The minimum Gasteiger partial charge on any atom is -0.378 e. The molecule has 0 aliphatic heterocycles. The van der Waals surface area contributed by atoms with Gasteiger partial charge in [0.2, 0.25) is 5.82 Å². The van der Waals surface area contributed by atoms with Gasteiger partial charge in [0.05, 0.1) is 16.4 Å². The highest BCUT2D eigenvalue weighted by atomic mass is 32.1. The van der Waals surface area contributed by atoms with Crippen LogP contribution in [-0.2, 0) is 6.54 Å². The Labute approximate surface area is 110 Å². The van der Waals surface area contributed by atoms with Crippen LogP contribution < -0.4 is 5.73 Å². The minimum absolute atomic E-state index is 0.00643. The second kappa shape index (κ2) is 4.65. The smallest absolute Gasteiger partial charge is 0.333 e. The lowest BCUT2D eigenvalue weighted by Gasteiger charge is -1.99. The highest BCUT2D eigenvalue weighted by Gasteiger charge is 2.23. The topological polar surface area (TPSA) is 130 Å². The molecule has 2 rings (SSSR count). The number of hydrogen-bond acceptors (Lipinski definition) is 7. The van der Waals surface area contributed by atoms with E-state index in [-0.39, 0.29) is 28.7 Å². The van der Waals surface area contributed by atoms with Crippen molar-refractivity contribution in [3.05, 3.63) is 42.9 Å². The molecular formula is C9H9N5O4S. The summed E-state index contributed by atoms with van der Waals surface area (Å²) in [6.07, 6.45) is 0. The van der Waals surface area contributed by atoms with Crippen LogP contribution in [0.15, 0.2) is 11.4 Å². The first-order valence-corrected chi connectivity index (χ1v) is 5.97. The average Bonchev–Trinajstić information content (AvgIpc) is 2.85. The summed E-state index contributed by atoms with van der Waals surface area (Å²) in [5.41, 5.74) is 6.26. The molecule has 100 valence electrons. The van der Waals surface area contributed by atoms with Crippen LogP contribution in [0.2, 0.25) is 0 Å². The molecule has 0 saturated carbocycles. The van der Waals surface area contributed by atoms with Crippen molar-refractivity contribution in [2.75, 3.05) is 5.73 Å². The Kier molecular flexibility index (Phi) is 3.17. The second-order valence-electron chi connectivity index (χ2n) is 3.78. The highest BCUT2D eigenvalue weighted by Crippen LogP contribution is 2.28. The van der Waals surface area contributed by atoms with Crippen LogP contribution in [0.4, 0.5) is 16.5 Å². The van der Waals surface area contributed by atoms with E-state index in [0.29, 0.717) is 5.56 Å². The SMILES string of the molecule is Cc1nn(Cc2csc([N+](=O)[O-])c2)c(N)c1[N+](=O)[O-]. The molecule has 9 nitrogen and oxygen atoms in total. The predicted molar refractivity (Wildman–Crippen MR) is 68.1 cm³/mol. The Morgan fingerprint density at radius 3 is 2.58 bits per heavy atom. The van der Waals surface area contributed by atoms with Gasteiger partial charge in [-0.1, -0.05) is 11.3 Å². The number of aryl methyl sites for hydroxylation is 1. The van der Waals surface area contributed by atoms with Gasteiger partial charge in [-0.2, -0.15) is 5.10 Å². The molecule has 2 aromatic rings. The fourth-order valence-corrected chi connectivity index (χ4v) is 2.37.